The van der Waals surface area contributed by atoms with E-state index in [-0.39, 0.29) is 29.4 Å². The number of hydrogen-bond donors (Lipinski definition) is 2. The van der Waals surface area contributed by atoms with E-state index in [2.05, 4.69) is 22.2 Å². The van der Waals surface area contributed by atoms with Crippen LogP contribution in [0.4, 0.5) is 5.95 Å². The number of rotatable bonds is 7. The van der Waals surface area contributed by atoms with Gasteiger partial charge in [0, 0.05) is 25.0 Å². The van der Waals surface area contributed by atoms with Crippen LogP contribution >= 0.6 is 0 Å². The van der Waals surface area contributed by atoms with Crippen molar-refractivity contribution in [1.29, 1.82) is 0 Å². The van der Waals surface area contributed by atoms with Crippen LogP contribution in [0, 0.1) is 0 Å². The number of anilines is 1. The van der Waals surface area contributed by atoms with Crippen LogP contribution in [-0.4, -0.2) is 33.2 Å². The zero-order chi connectivity index (χ0) is 22.7. The first-order valence-corrected chi connectivity index (χ1v) is 11.2. The van der Waals surface area contributed by atoms with Crippen LogP contribution in [-0.2, 0) is 17.9 Å². The second kappa shape index (κ2) is 9.34. The second-order valence-electron chi connectivity index (χ2n) is 8.23. The topological polar surface area (TPSA) is 101 Å². The summed E-state index contributed by atoms with van der Waals surface area (Å²) in [6.07, 6.45) is 2.69. The van der Waals surface area contributed by atoms with Gasteiger partial charge in [0.1, 0.15) is 5.69 Å². The molecule has 0 saturated carbocycles. The van der Waals surface area contributed by atoms with Crippen molar-refractivity contribution in [2.75, 3.05) is 12.3 Å². The molecule has 3 aromatic rings. The Hall–Kier alpha value is -3.48. The molecule has 7 heteroatoms. The van der Waals surface area contributed by atoms with E-state index >= 15 is 0 Å². The Labute approximate surface area is 188 Å². The average Bonchev–Trinajstić information content (AvgIpc) is 3.23. The van der Waals surface area contributed by atoms with Crippen LogP contribution in [0.15, 0.2) is 42.5 Å². The van der Waals surface area contributed by atoms with Gasteiger partial charge >= 0.3 is 0 Å². The van der Waals surface area contributed by atoms with E-state index in [1.165, 1.54) is 0 Å². The smallest absolute Gasteiger partial charge is 0.273 e. The van der Waals surface area contributed by atoms with E-state index in [0.717, 1.165) is 36.0 Å². The minimum absolute atomic E-state index is 0.000433. The van der Waals surface area contributed by atoms with Crippen LogP contribution in [0.25, 0.3) is 10.9 Å². The highest BCUT2D eigenvalue weighted by Gasteiger charge is 2.28. The highest BCUT2D eigenvalue weighted by molar-refractivity contribution is 6.05. The molecular formula is C25H29N5O2. The van der Waals surface area contributed by atoms with Gasteiger partial charge in [-0.15, -0.1) is 0 Å². The highest BCUT2D eigenvalue weighted by Crippen LogP contribution is 2.29. The van der Waals surface area contributed by atoms with Crippen molar-refractivity contribution in [3.05, 3.63) is 64.8 Å². The van der Waals surface area contributed by atoms with Crippen molar-refractivity contribution in [3.63, 3.8) is 0 Å². The van der Waals surface area contributed by atoms with E-state index < -0.39 is 0 Å². The lowest BCUT2D eigenvalue weighted by atomic mass is 9.91. The van der Waals surface area contributed by atoms with Crippen molar-refractivity contribution >= 4 is 28.7 Å². The quantitative estimate of drug-likeness (QED) is 0.593. The number of benzene rings is 2. The Morgan fingerprint density at radius 2 is 1.81 bits per heavy atom. The first-order valence-electron chi connectivity index (χ1n) is 11.2. The van der Waals surface area contributed by atoms with Crippen molar-refractivity contribution in [3.8, 4) is 0 Å². The molecule has 7 nitrogen and oxygen atoms in total. The van der Waals surface area contributed by atoms with E-state index in [1.54, 1.807) is 4.90 Å². The summed E-state index contributed by atoms with van der Waals surface area (Å²) in [7, 11) is 0. The molecule has 0 spiro atoms. The van der Waals surface area contributed by atoms with Gasteiger partial charge in [0.25, 0.3) is 5.91 Å². The SMILES string of the molecule is CCCCC(C(=O)NCC)c1ccc2nc(N)nc(C(=O)N3Cc4ccccc4C3)c2c1. The predicted molar refractivity (Wildman–Crippen MR) is 125 cm³/mol. The first-order chi connectivity index (χ1) is 15.5. The van der Waals surface area contributed by atoms with Gasteiger partial charge in [-0.05, 0) is 42.2 Å². The number of nitrogen functional groups attached to an aromatic ring is 1. The maximum absolute atomic E-state index is 13.5. The Morgan fingerprint density at radius 3 is 2.47 bits per heavy atom. The second-order valence-corrected chi connectivity index (χ2v) is 8.23. The number of nitrogens with one attached hydrogen (secondary N) is 1. The molecule has 1 unspecified atom stereocenters. The molecular weight excluding hydrogens is 402 g/mol. The normalized spacial score (nSPS) is 13.8. The number of carbonyl (C=O) groups is 2. The Kier molecular flexibility index (Phi) is 6.35. The molecule has 4 rings (SSSR count). The molecule has 0 bridgehead atoms. The third-order valence-corrected chi connectivity index (χ3v) is 5.98. The molecule has 0 fully saturated rings. The number of unbranched alkanes of at least 4 members (excludes halogenated alkanes) is 1. The molecule has 0 radical (unpaired) electrons. The summed E-state index contributed by atoms with van der Waals surface area (Å²) in [6, 6.07) is 13.7. The molecule has 32 heavy (non-hydrogen) atoms. The summed E-state index contributed by atoms with van der Waals surface area (Å²) < 4.78 is 0. The molecule has 2 amide bonds. The predicted octanol–water partition coefficient (Wildman–Crippen LogP) is 3.78. The first kappa shape index (κ1) is 21.7. The number of nitrogens with zero attached hydrogens (tertiary/aromatic N) is 3. The fourth-order valence-corrected chi connectivity index (χ4v) is 4.33. The molecule has 0 saturated heterocycles. The number of carbonyl (C=O) groups excluding carboxylic acids is 2. The molecule has 2 aromatic carbocycles. The molecule has 3 N–H and O–H groups in total. The number of likely N-dealkylation sites (N-methyl/N-ethyl adjacent to an activating group) is 1. The Morgan fingerprint density at radius 1 is 1.09 bits per heavy atom. The average molecular weight is 432 g/mol. The third-order valence-electron chi connectivity index (χ3n) is 5.98. The lowest BCUT2D eigenvalue weighted by Gasteiger charge is -2.19. The third kappa shape index (κ3) is 4.28. The summed E-state index contributed by atoms with van der Waals surface area (Å²) in [5.41, 5.74) is 9.98. The maximum atomic E-state index is 13.5. The summed E-state index contributed by atoms with van der Waals surface area (Å²) in [5.74, 6) is -0.396. The number of aromatic nitrogens is 2. The molecule has 1 aliphatic rings. The molecule has 166 valence electrons. The summed E-state index contributed by atoms with van der Waals surface area (Å²) >= 11 is 0. The van der Waals surface area contributed by atoms with Gasteiger partial charge in [-0.2, -0.15) is 0 Å². The van der Waals surface area contributed by atoms with Gasteiger partial charge < -0.3 is 16.0 Å². The highest BCUT2D eigenvalue weighted by atomic mass is 16.2. The van der Waals surface area contributed by atoms with Crippen LogP contribution in [0.2, 0.25) is 0 Å². The van der Waals surface area contributed by atoms with Gasteiger partial charge in [0.2, 0.25) is 11.9 Å². The van der Waals surface area contributed by atoms with Crippen molar-refractivity contribution < 1.29 is 9.59 Å². The van der Waals surface area contributed by atoms with Crippen molar-refractivity contribution in [2.24, 2.45) is 0 Å². The van der Waals surface area contributed by atoms with E-state index in [4.69, 9.17) is 5.73 Å². The number of hydrogen-bond acceptors (Lipinski definition) is 5. The number of nitrogens with two attached hydrogens (primary N) is 1. The lowest BCUT2D eigenvalue weighted by Crippen LogP contribution is -2.29. The lowest BCUT2D eigenvalue weighted by molar-refractivity contribution is -0.122. The standard InChI is InChI=1S/C25H29N5O2/c1-3-5-10-19(23(31)27-4-2)16-11-12-21-20(13-16)22(29-25(26)28-21)24(32)30-14-17-8-6-7-9-18(17)15-30/h6-9,11-13,19H,3-5,10,14-15H2,1-2H3,(H,27,31)(H2,26,28,29). The van der Waals surface area contributed by atoms with Gasteiger partial charge in [-0.25, -0.2) is 9.97 Å². The Bertz CT molecular complexity index is 1140. The van der Waals surface area contributed by atoms with Crippen molar-refractivity contribution in [1.82, 2.24) is 20.2 Å². The zero-order valence-electron chi connectivity index (χ0n) is 18.6. The molecule has 0 aliphatic carbocycles. The van der Waals surface area contributed by atoms with Gasteiger partial charge in [0.05, 0.1) is 11.4 Å². The van der Waals surface area contributed by atoms with E-state index in [9.17, 15) is 9.59 Å². The zero-order valence-corrected chi connectivity index (χ0v) is 18.6. The maximum Gasteiger partial charge on any atom is 0.273 e. The fourth-order valence-electron chi connectivity index (χ4n) is 4.33. The van der Waals surface area contributed by atoms with Crippen LogP contribution in [0.5, 0.6) is 0 Å². The van der Waals surface area contributed by atoms with Crippen LogP contribution in [0.3, 0.4) is 0 Å². The van der Waals surface area contributed by atoms with E-state index in [1.807, 2.05) is 49.4 Å². The minimum atomic E-state index is -0.282. The van der Waals surface area contributed by atoms with Crippen LogP contribution < -0.4 is 11.1 Å². The van der Waals surface area contributed by atoms with Gasteiger partial charge in [-0.3, -0.25) is 9.59 Å². The molecule has 1 atom stereocenters. The Balaban J connectivity index is 1.73. The number of amides is 2. The van der Waals surface area contributed by atoms with Crippen molar-refractivity contribution in [2.45, 2.75) is 52.1 Å². The molecule has 1 aliphatic heterocycles. The van der Waals surface area contributed by atoms with Crippen LogP contribution in [0.1, 0.15) is 66.2 Å². The summed E-state index contributed by atoms with van der Waals surface area (Å²) in [4.78, 5) is 36.7. The van der Waals surface area contributed by atoms with Gasteiger partial charge in [-0.1, -0.05) is 50.1 Å². The summed E-state index contributed by atoms with van der Waals surface area (Å²) in [6.45, 7) is 5.68. The number of fused-ring (bicyclic) bond motifs is 2. The monoisotopic (exact) mass is 431 g/mol. The van der Waals surface area contributed by atoms with Gasteiger partial charge in [0.15, 0.2) is 0 Å². The largest absolute Gasteiger partial charge is 0.368 e. The minimum Gasteiger partial charge on any atom is -0.368 e. The molecule has 1 aromatic heterocycles. The fraction of sp³-hybridized carbons (Fsp3) is 0.360. The van der Waals surface area contributed by atoms with E-state index in [0.29, 0.717) is 30.5 Å². The molecule has 2 heterocycles. The summed E-state index contributed by atoms with van der Waals surface area (Å²) in [5, 5.41) is 3.57.